The largest absolute Gasteiger partial charge is 0.297 e. The van der Waals surface area contributed by atoms with E-state index in [1.807, 2.05) is 0 Å². The van der Waals surface area contributed by atoms with Crippen molar-refractivity contribution in [2.24, 2.45) is 0 Å². The molecule has 0 amide bonds. The molecule has 0 unspecified atom stereocenters. The first-order valence-electron chi connectivity index (χ1n) is 9.50. The van der Waals surface area contributed by atoms with Crippen LogP contribution in [-0.2, 0) is 13.1 Å². The Hall–Kier alpha value is -2.42. The molecular weight excluding hydrogens is 316 g/mol. The van der Waals surface area contributed by atoms with Crippen LogP contribution < -0.4 is 0 Å². The van der Waals surface area contributed by atoms with Crippen LogP contribution in [0.4, 0.5) is 0 Å². The van der Waals surface area contributed by atoms with E-state index in [1.54, 1.807) is 0 Å². The lowest BCUT2D eigenvalue weighted by atomic mass is 10.0. The summed E-state index contributed by atoms with van der Waals surface area (Å²) >= 11 is 0. The Kier molecular flexibility index (Phi) is 5.44. The Morgan fingerprint density at radius 3 is 1.42 bits per heavy atom. The van der Waals surface area contributed by atoms with Gasteiger partial charge in [0, 0.05) is 39.3 Å². The molecule has 1 aliphatic heterocycles. The van der Waals surface area contributed by atoms with Gasteiger partial charge >= 0.3 is 0 Å². The van der Waals surface area contributed by atoms with E-state index in [0.29, 0.717) is 0 Å². The van der Waals surface area contributed by atoms with Gasteiger partial charge in [0.15, 0.2) is 0 Å². The first kappa shape index (κ1) is 17.0. The lowest BCUT2D eigenvalue weighted by Gasteiger charge is -2.34. The first-order valence-corrected chi connectivity index (χ1v) is 9.50. The van der Waals surface area contributed by atoms with Crippen molar-refractivity contribution in [1.82, 2.24) is 9.80 Å². The van der Waals surface area contributed by atoms with E-state index in [1.165, 1.54) is 22.3 Å². The van der Waals surface area contributed by atoms with Gasteiger partial charge in [-0.1, -0.05) is 84.9 Å². The molecule has 1 aliphatic rings. The van der Waals surface area contributed by atoms with Crippen LogP contribution in [-0.4, -0.2) is 36.0 Å². The molecular formula is C24H26N2. The van der Waals surface area contributed by atoms with Crippen molar-refractivity contribution in [3.8, 4) is 11.1 Å². The minimum atomic E-state index is 1.05. The molecule has 3 aromatic rings. The molecule has 0 atom stereocenters. The van der Waals surface area contributed by atoms with Crippen LogP contribution in [0.3, 0.4) is 0 Å². The molecule has 0 bridgehead atoms. The van der Waals surface area contributed by atoms with Gasteiger partial charge in [-0.2, -0.15) is 0 Å². The van der Waals surface area contributed by atoms with E-state index >= 15 is 0 Å². The Morgan fingerprint density at radius 2 is 0.885 bits per heavy atom. The highest BCUT2D eigenvalue weighted by atomic mass is 15.3. The van der Waals surface area contributed by atoms with Crippen molar-refractivity contribution >= 4 is 0 Å². The average Bonchev–Trinajstić information content (AvgIpc) is 2.72. The number of nitrogens with zero attached hydrogens (tertiary/aromatic N) is 2. The molecule has 1 fully saturated rings. The number of hydrogen-bond acceptors (Lipinski definition) is 2. The van der Waals surface area contributed by atoms with Gasteiger partial charge in [-0.15, -0.1) is 0 Å². The summed E-state index contributed by atoms with van der Waals surface area (Å²) in [5, 5.41) is 0. The maximum atomic E-state index is 2.57. The summed E-state index contributed by atoms with van der Waals surface area (Å²) in [6, 6.07) is 30.4. The van der Waals surface area contributed by atoms with Gasteiger partial charge in [0.05, 0.1) is 0 Å². The monoisotopic (exact) mass is 342 g/mol. The molecule has 2 heteroatoms. The van der Waals surface area contributed by atoms with E-state index in [-0.39, 0.29) is 0 Å². The standard InChI is InChI=1S/C24H26N2/c1-3-7-21(8-4-1)19-25-15-17-26(18-16-25)20-22-11-13-24(14-12-22)23-9-5-2-6-10-23/h1-14H,15-20H2. The lowest BCUT2D eigenvalue weighted by molar-refractivity contribution is 0.122. The highest BCUT2D eigenvalue weighted by Crippen LogP contribution is 2.20. The quantitative estimate of drug-likeness (QED) is 0.665. The Morgan fingerprint density at radius 1 is 0.462 bits per heavy atom. The van der Waals surface area contributed by atoms with Crippen LogP contribution in [0, 0.1) is 0 Å². The molecule has 4 rings (SSSR count). The molecule has 2 nitrogen and oxygen atoms in total. The van der Waals surface area contributed by atoms with E-state index < -0.39 is 0 Å². The summed E-state index contributed by atoms with van der Waals surface area (Å²) in [4.78, 5) is 5.13. The Balaban J connectivity index is 1.29. The fraction of sp³-hybridized carbons (Fsp3) is 0.250. The normalized spacial score (nSPS) is 15.8. The van der Waals surface area contributed by atoms with E-state index in [4.69, 9.17) is 0 Å². The topological polar surface area (TPSA) is 6.48 Å². The molecule has 0 aromatic heterocycles. The average molecular weight is 342 g/mol. The smallest absolute Gasteiger partial charge is 0.0234 e. The summed E-state index contributed by atoms with van der Waals surface area (Å²) in [5.74, 6) is 0. The number of hydrogen-bond donors (Lipinski definition) is 0. The summed E-state index contributed by atoms with van der Waals surface area (Å²) < 4.78 is 0. The lowest BCUT2D eigenvalue weighted by Crippen LogP contribution is -2.45. The van der Waals surface area contributed by atoms with Crippen molar-refractivity contribution < 1.29 is 0 Å². The zero-order valence-corrected chi connectivity index (χ0v) is 15.2. The van der Waals surface area contributed by atoms with E-state index in [2.05, 4.69) is 94.7 Å². The molecule has 1 saturated heterocycles. The maximum absolute atomic E-state index is 2.57. The molecule has 132 valence electrons. The van der Waals surface area contributed by atoms with Gasteiger partial charge in [0.25, 0.3) is 0 Å². The van der Waals surface area contributed by atoms with Crippen molar-refractivity contribution in [3.05, 3.63) is 96.1 Å². The third kappa shape index (κ3) is 4.40. The molecule has 0 spiro atoms. The van der Waals surface area contributed by atoms with Crippen LogP contribution in [0.25, 0.3) is 11.1 Å². The molecule has 26 heavy (non-hydrogen) atoms. The van der Waals surface area contributed by atoms with Crippen molar-refractivity contribution in [2.75, 3.05) is 26.2 Å². The second kappa shape index (κ2) is 8.31. The number of rotatable bonds is 5. The minimum absolute atomic E-state index is 1.05. The molecule has 3 aromatic carbocycles. The summed E-state index contributed by atoms with van der Waals surface area (Å²) in [7, 11) is 0. The first-order chi connectivity index (χ1) is 12.9. The van der Waals surface area contributed by atoms with Crippen LogP contribution in [0.15, 0.2) is 84.9 Å². The third-order valence-corrected chi connectivity index (χ3v) is 5.18. The van der Waals surface area contributed by atoms with Crippen molar-refractivity contribution in [3.63, 3.8) is 0 Å². The van der Waals surface area contributed by atoms with Gasteiger partial charge in [-0.3, -0.25) is 9.80 Å². The van der Waals surface area contributed by atoms with Gasteiger partial charge in [-0.05, 0) is 22.3 Å². The Bertz CT molecular complexity index is 789. The van der Waals surface area contributed by atoms with E-state index in [9.17, 15) is 0 Å². The highest BCUT2D eigenvalue weighted by molar-refractivity contribution is 5.63. The van der Waals surface area contributed by atoms with E-state index in [0.717, 1.165) is 39.3 Å². The predicted octanol–water partition coefficient (Wildman–Crippen LogP) is 4.67. The van der Waals surface area contributed by atoms with Gasteiger partial charge in [0.2, 0.25) is 0 Å². The third-order valence-electron chi connectivity index (χ3n) is 5.18. The molecule has 0 radical (unpaired) electrons. The summed E-state index contributed by atoms with van der Waals surface area (Å²) in [6.45, 7) is 6.71. The fourth-order valence-electron chi connectivity index (χ4n) is 3.64. The molecule has 0 N–H and O–H groups in total. The van der Waals surface area contributed by atoms with Crippen molar-refractivity contribution in [2.45, 2.75) is 13.1 Å². The van der Waals surface area contributed by atoms with Crippen LogP contribution >= 0.6 is 0 Å². The SMILES string of the molecule is c1ccc(CN2CCN(Cc3ccc(-c4ccccc4)cc3)CC2)cc1. The van der Waals surface area contributed by atoms with Crippen LogP contribution in [0.5, 0.6) is 0 Å². The second-order valence-corrected chi connectivity index (χ2v) is 7.10. The Labute approximate surface area is 156 Å². The predicted molar refractivity (Wildman–Crippen MR) is 109 cm³/mol. The number of piperazine rings is 1. The minimum Gasteiger partial charge on any atom is -0.297 e. The van der Waals surface area contributed by atoms with Gasteiger partial charge in [0.1, 0.15) is 0 Å². The van der Waals surface area contributed by atoms with Gasteiger partial charge in [-0.25, -0.2) is 0 Å². The van der Waals surface area contributed by atoms with Crippen LogP contribution in [0.1, 0.15) is 11.1 Å². The fourth-order valence-corrected chi connectivity index (χ4v) is 3.64. The summed E-state index contributed by atoms with van der Waals surface area (Å²) in [6.07, 6.45) is 0. The maximum Gasteiger partial charge on any atom is 0.0234 e. The zero-order chi connectivity index (χ0) is 17.6. The van der Waals surface area contributed by atoms with Crippen LogP contribution in [0.2, 0.25) is 0 Å². The van der Waals surface area contributed by atoms with Crippen molar-refractivity contribution in [1.29, 1.82) is 0 Å². The number of benzene rings is 3. The second-order valence-electron chi connectivity index (χ2n) is 7.10. The molecule has 0 aliphatic carbocycles. The molecule has 0 saturated carbocycles. The summed E-state index contributed by atoms with van der Waals surface area (Å²) in [5.41, 5.74) is 5.40. The zero-order valence-electron chi connectivity index (χ0n) is 15.2. The van der Waals surface area contributed by atoms with Gasteiger partial charge < -0.3 is 0 Å². The highest BCUT2D eigenvalue weighted by Gasteiger charge is 2.17. The molecule has 1 heterocycles.